The number of halogens is 2. The average molecular weight is 766 g/mol. The van der Waals surface area contributed by atoms with Crippen molar-refractivity contribution in [1.82, 2.24) is 10.6 Å². The fraction of sp³-hybridized carbons (Fsp3) is 0.238. The maximum atomic E-state index is 12.2. The molecule has 0 radical (unpaired) electrons. The molecule has 0 aliphatic heterocycles. The van der Waals surface area contributed by atoms with Crippen LogP contribution in [0.25, 0.3) is 9.69 Å². The number of aryl methyl sites for hydroxylation is 2. The number of carbonyl (C=O) groups is 2. The van der Waals surface area contributed by atoms with Crippen molar-refractivity contribution in [2.75, 3.05) is 27.4 Å². The van der Waals surface area contributed by atoms with Crippen molar-refractivity contribution in [3.63, 3.8) is 0 Å². The molecule has 0 bridgehead atoms. The molecule has 0 aromatic heterocycles. The molecule has 2 amide bonds. The van der Waals surface area contributed by atoms with Gasteiger partial charge in [0.05, 0.1) is 25.3 Å². The number of carbonyl (C=O) groups excluding carboxylic acids is 2. The van der Waals surface area contributed by atoms with Gasteiger partial charge in [-0.2, -0.15) is 0 Å². The molecule has 0 saturated carbocycles. The van der Waals surface area contributed by atoms with E-state index in [1.165, 1.54) is 0 Å². The molecule has 0 aliphatic rings. The summed E-state index contributed by atoms with van der Waals surface area (Å²) in [5, 5.41) is 6.61. The van der Waals surface area contributed by atoms with E-state index in [0.717, 1.165) is 11.1 Å². The van der Waals surface area contributed by atoms with Gasteiger partial charge < -0.3 is 18.9 Å². The second-order valence-corrected chi connectivity index (χ2v) is 12.1. The number of hydrogen-bond donors (Lipinski definition) is 2. The molecule has 10 nitrogen and oxygen atoms in total. The molecule has 4 aromatic carbocycles. The van der Waals surface area contributed by atoms with Crippen LogP contribution in [-0.2, 0) is 22.4 Å². The number of benzene rings is 4. The molecule has 0 aliphatic carbocycles. The van der Waals surface area contributed by atoms with Gasteiger partial charge in [-0.15, -0.1) is 12.8 Å². The third kappa shape index (κ3) is 13.7. The number of nitrogens with zero attached hydrogens (tertiary/aromatic N) is 2. The monoisotopic (exact) mass is 764 g/mol. The molecule has 2 N–H and O–H groups in total. The quantitative estimate of drug-likeness (QED) is 0.0885. The predicted octanol–water partition coefficient (Wildman–Crippen LogP) is 8.05. The standard InChI is InChI=1S/2C21H19ClN2O3/c2*1-4-13-27-18-11-5-15(14-19(18)26-3)6-12-20(25)24-21(23-2)16-7-9-17(22)10-8-16/h2*1,5,7-11,14,21H,6,12-13H2,3H3,(H,24,25)/t2*21-/m10/s1. The maximum absolute atomic E-state index is 12.2. The largest absolute Gasteiger partial charge is 0.493 e. The van der Waals surface area contributed by atoms with Crippen molar-refractivity contribution in [1.29, 1.82) is 0 Å². The van der Waals surface area contributed by atoms with Crippen molar-refractivity contribution in [3.05, 3.63) is 140 Å². The van der Waals surface area contributed by atoms with E-state index in [9.17, 15) is 9.59 Å². The lowest BCUT2D eigenvalue weighted by atomic mass is 10.1. The molecule has 4 aromatic rings. The Morgan fingerprint density at radius 2 is 1.02 bits per heavy atom. The molecule has 0 heterocycles. The summed E-state index contributed by atoms with van der Waals surface area (Å²) < 4.78 is 21.4. The minimum absolute atomic E-state index is 0.154. The third-order valence-corrected chi connectivity index (χ3v) is 8.09. The van der Waals surface area contributed by atoms with E-state index in [-0.39, 0.29) is 37.9 Å². The smallest absolute Gasteiger partial charge is 0.324 e. The number of methoxy groups -OCH3 is 2. The Morgan fingerprint density at radius 3 is 1.33 bits per heavy atom. The zero-order valence-electron chi connectivity index (χ0n) is 29.7. The number of amides is 2. The van der Waals surface area contributed by atoms with Crippen LogP contribution in [0.3, 0.4) is 0 Å². The molecule has 4 rings (SSSR count). The van der Waals surface area contributed by atoms with Crippen LogP contribution in [0.1, 0.15) is 47.4 Å². The van der Waals surface area contributed by atoms with Crippen LogP contribution >= 0.6 is 23.2 Å². The lowest BCUT2D eigenvalue weighted by Crippen LogP contribution is -2.26. The van der Waals surface area contributed by atoms with Gasteiger partial charge in [-0.3, -0.25) is 29.9 Å². The van der Waals surface area contributed by atoms with E-state index in [4.69, 9.17) is 68.1 Å². The second kappa shape index (κ2) is 22.6. The highest BCUT2D eigenvalue weighted by Gasteiger charge is 2.20. The Hall–Kier alpha value is -6.30. The highest BCUT2D eigenvalue weighted by molar-refractivity contribution is 6.30. The topological polar surface area (TPSA) is 104 Å². The zero-order chi connectivity index (χ0) is 39.3. The van der Waals surface area contributed by atoms with E-state index in [0.29, 0.717) is 57.0 Å². The molecule has 2 atom stereocenters. The van der Waals surface area contributed by atoms with Crippen molar-refractivity contribution in [2.24, 2.45) is 0 Å². The predicted molar refractivity (Wildman–Crippen MR) is 209 cm³/mol. The maximum Gasteiger partial charge on any atom is 0.324 e. The fourth-order valence-electron chi connectivity index (χ4n) is 4.85. The summed E-state index contributed by atoms with van der Waals surface area (Å²) in [7, 11) is 3.09. The van der Waals surface area contributed by atoms with E-state index in [1.807, 2.05) is 24.3 Å². The molecule has 0 saturated heterocycles. The summed E-state index contributed by atoms with van der Waals surface area (Å²) in [4.78, 5) is 31.4. The minimum atomic E-state index is -0.733. The lowest BCUT2D eigenvalue weighted by molar-refractivity contribution is -0.122. The molecular weight excluding hydrogens is 727 g/mol. The molecule has 12 heteroatoms. The van der Waals surface area contributed by atoms with Crippen molar-refractivity contribution in [2.45, 2.75) is 38.0 Å². The summed E-state index contributed by atoms with van der Waals surface area (Å²) in [6, 6.07) is 24.5. The van der Waals surface area contributed by atoms with Gasteiger partial charge in [0.25, 0.3) is 0 Å². The number of rotatable bonds is 16. The number of ether oxygens (including phenoxy) is 4. The van der Waals surface area contributed by atoms with Crippen molar-refractivity contribution >= 4 is 35.0 Å². The number of terminal acetylenes is 2. The van der Waals surface area contributed by atoms with Crippen LogP contribution in [0.5, 0.6) is 23.0 Å². The first-order chi connectivity index (χ1) is 26.1. The van der Waals surface area contributed by atoms with E-state index >= 15 is 0 Å². The summed E-state index contributed by atoms with van der Waals surface area (Å²) in [5.74, 6) is 6.61. The van der Waals surface area contributed by atoms with Crippen molar-refractivity contribution in [3.8, 4) is 47.7 Å². The van der Waals surface area contributed by atoms with E-state index < -0.39 is 12.3 Å². The Labute approximate surface area is 326 Å². The van der Waals surface area contributed by atoms with Gasteiger partial charge >= 0.3 is 12.3 Å². The average Bonchev–Trinajstić information content (AvgIpc) is 3.20. The molecular formula is C42H38Cl2N4O6. The van der Waals surface area contributed by atoms with E-state index in [2.05, 4.69) is 32.2 Å². The first-order valence-electron chi connectivity index (χ1n) is 16.4. The third-order valence-electron chi connectivity index (χ3n) is 7.58. The van der Waals surface area contributed by atoms with Crippen molar-refractivity contribution < 1.29 is 28.5 Å². The summed E-state index contributed by atoms with van der Waals surface area (Å²) in [5.41, 5.74) is 3.22. The van der Waals surface area contributed by atoms with Crippen LogP contribution in [0, 0.1) is 37.8 Å². The van der Waals surface area contributed by atoms with Gasteiger partial charge in [-0.1, -0.05) is 47.2 Å². The Kier molecular flexibility index (Phi) is 17.6. The van der Waals surface area contributed by atoms with Gasteiger partial charge in [0.15, 0.2) is 23.0 Å². The van der Waals surface area contributed by atoms with Gasteiger partial charge in [-0.25, -0.2) is 13.1 Å². The molecule has 0 unspecified atom stereocenters. The van der Waals surface area contributed by atoms with Gasteiger partial charge in [0, 0.05) is 22.9 Å². The normalized spacial score (nSPS) is 11.0. The SMILES string of the molecule is [C-]#[N+][C@@H](NC(=O)CCc1ccc(OCC#C)c(OC)c1)c1ccc(Cl)cc1.[C-]#[N+][C@H](NC(=O)CCc1ccc(OCC#C)c(OC)c1)c1ccc(Cl)cc1. The second-order valence-electron chi connectivity index (χ2n) is 11.3. The number of nitrogens with one attached hydrogen (secondary N) is 2. The number of hydrogen-bond acceptors (Lipinski definition) is 6. The van der Waals surface area contributed by atoms with Gasteiger partial charge in [0.1, 0.15) is 13.2 Å². The Morgan fingerprint density at radius 1 is 0.648 bits per heavy atom. The van der Waals surface area contributed by atoms with Crippen LogP contribution in [0.2, 0.25) is 10.0 Å². The molecule has 0 spiro atoms. The first kappa shape index (κ1) is 42.1. The van der Waals surface area contributed by atoms with Crippen LogP contribution < -0.4 is 29.6 Å². The van der Waals surface area contributed by atoms with Crippen LogP contribution in [0.15, 0.2) is 84.9 Å². The Balaban J connectivity index is 0.000000290. The molecule has 0 fully saturated rings. The Bertz CT molecular complexity index is 1880. The minimum Gasteiger partial charge on any atom is -0.493 e. The van der Waals surface area contributed by atoms with E-state index in [1.54, 1.807) is 74.9 Å². The van der Waals surface area contributed by atoms with Crippen LogP contribution in [-0.4, -0.2) is 39.2 Å². The highest BCUT2D eigenvalue weighted by atomic mass is 35.5. The summed E-state index contributed by atoms with van der Waals surface area (Å²) in [6.07, 6.45) is 10.4. The summed E-state index contributed by atoms with van der Waals surface area (Å²) in [6.45, 7) is 14.9. The lowest BCUT2D eigenvalue weighted by Gasteiger charge is -2.11. The van der Waals surface area contributed by atoms with Gasteiger partial charge in [0.2, 0.25) is 11.8 Å². The molecule has 276 valence electrons. The molecule has 54 heavy (non-hydrogen) atoms. The van der Waals surface area contributed by atoms with Crippen LogP contribution in [0.4, 0.5) is 0 Å². The fourth-order valence-corrected chi connectivity index (χ4v) is 5.10. The first-order valence-corrected chi connectivity index (χ1v) is 17.2. The highest BCUT2D eigenvalue weighted by Crippen LogP contribution is 2.30. The summed E-state index contributed by atoms with van der Waals surface area (Å²) >= 11 is 11.7. The van der Waals surface area contributed by atoms with Gasteiger partial charge in [-0.05, 0) is 96.8 Å². The zero-order valence-corrected chi connectivity index (χ0v) is 31.2.